The summed E-state index contributed by atoms with van der Waals surface area (Å²) in [5.41, 5.74) is 2.93. The van der Waals surface area contributed by atoms with Crippen LogP contribution in [0.5, 0.6) is 5.75 Å². The quantitative estimate of drug-likeness (QED) is 0.708. The minimum Gasteiger partial charge on any atom is -0.497 e. The topological polar surface area (TPSA) is 31.6 Å². The highest BCUT2D eigenvalue weighted by molar-refractivity contribution is 5.87. The summed E-state index contributed by atoms with van der Waals surface area (Å²) in [7, 11) is 3.35. The summed E-state index contributed by atoms with van der Waals surface area (Å²) in [4.78, 5) is 0. The molecule has 0 aliphatic rings. The molecule has 0 fully saturated rings. The molecule has 3 nitrogen and oxygen atoms in total. The van der Waals surface area contributed by atoms with Crippen LogP contribution < -0.4 is 4.74 Å². The second-order valence-corrected chi connectivity index (χ2v) is 4.57. The number of hydrogen-bond donors (Lipinski definition) is 0. The van der Waals surface area contributed by atoms with Crippen molar-refractivity contribution >= 4 is 11.0 Å². The molecule has 0 unspecified atom stereocenters. The minimum atomic E-state index is 0.517. The maximum Gasteiger partial charge on any atom is 0.141 e. The zero-order valence-corrected chi connectivity index (χ0v) is 11.6. The van der Waals surface area contributed by atoms with Crippen molar-refractivity contribution in [3.8, 4) is 17.1 Å². The van der Waals surface area contributed by atoms with Crippen molar-refractivity contribution in [2.75, 3.05) is 14.2 Å². The number of methoxy groups -OCH3 is 2. The molecule has 0 aliphatic heterocycles. The summed E-state index contributed by atoms with van der Waals surface area (Å²) < 4.78 is 16.6. The molecule has 20 heavy (non-hydrogen) atoms. The van der Waals surface area contributed by atoms with Crippen molar-refractivity contribution in [1.29, 1.82) is 0 Å². The number of furan rings is 1. The van der Waals surface area contributed by atoms with Gasteiger partial charge in [0.15, 0.2) is 0 Å². The van der Waals surface area contributed by atoms with Crippen molar-refractivity contribution in [3.05, 3.63) is 54.1 Å². The molecule has 1 heterocycles. The van der Waals surface area contributed by atoms with Gasteiger partial charge in [-0.15, -0.1) is 0 Å². The lowest BCUT2D eigenvalue weighted by molar-refractivity contribution is 0.185. The van der Waals surface area contributed by atoms with Crippen LogP contribution in [0.2, 0.25) is 0 Å². The lowest BCUT2D eigenvalue weighted by Gasteiger charge is -2.04. The fourth-order valence-electron chi connectivity index (χ4n) is 2.38. The average Bonchev–Trinajstić information content (AvgIpc) is 2.87. The smallest absolute Gasteiger partial charge is 0.141 e. The summed E-state index contributed by atoms with van der Waals surface area (Å²) in [5, 5.41) is 1.09. The van der Waals surface area contributed by atoms with Crippen molar-refractivity contribution in [2.45, 2.75) is 6.61 Å². The van der Waals surface area contributed by atoms with Crippen LogP contribution in [0.4, 0.5) is 0 Å². The van der Waals surface area contributed by atoms with Crippen LogP contribution in [-0.2, 0) is 11.3 Å². The highest BCUT2D eigenvalue weighted by Crippen LogP contribution is 2.35. The number of benzene rings is 2. The largest absolute Gasteiger partial charge is 0.497 e. The second kappa shape index (κ2) is 5.39. The highest BCUT2D eigenvalue weighted by atomic mass is 16.5. The van der Waals surface area contributed by atoms with Crippen molar-refractivity contribution in [3.63, 3.8) is 0 Å². The summed E-state index contributed by atoms with van der Waals surface area (Å²) in [6.45, 7) is 0.517. The SMILES string of the molecule is COCc1c(-c2cccc(OC)c2)oc2ccccc12. The van der Waals surface area contributed by atoms with Crippen molar-refractivity contribution < 1.29 is 13.9 Å². The molecule has 0 atom stereocenters. The Morgan fingerprint density at radius 1 is 1.00 bits per heavy atom. The molecular formula is C17H16O3. The van der Waals surface area contributed by atoms with Gasteiger partial charge in [0.1, 0.15) is 17.1 Å². The van der Waals surface area contributed by atoms with Gasteiger partial charge in [0.05, 0.1) is 13.7 Å². The Bertz CT molecular complexity index is 728. The van der Waals surface area contributed by atoms with Crippen LogP contribution in [0.15, 0.2) is 52.9 Å². The van der Waals surface area contributed by atoms with Crippen LogP contribution in [0, 0.1) is 0 Å². The highest BCUT2D eigenvalue weighted by Gasteiger charge is 2.15. The van der Waals surface area contributed by atoms with E-state index in [9.17, 15) is 0 Å². The Hall–Kier alpha value is -2.26. The van der Waals surface area contributed by atoms with Crippen molar-refractivity contribution in [1.82, 2.24) is 0 Å². The first-order valence-electron chi connectivity index (χ1n) is 6.47. The second-order valence-electron chi connectivity index (χ2n) is 4.57. The normalized spacial score (nSPS) is 10.9. The van der Waals surface area contributed by atoms with Gasteiger partial charge in [-0.2, -0.15) is 0 Å². The van der Waals surface area contributed by atoms with Gasteiger partial charge in [0.25, 0.3) is 0 Å². The van der Waals surface area contributed by atoms with E-state index in [1.54, 1.807) is 14.2 Å². The van der Waals surface area contributed by atoms with Crippen LogP contribution in [-0.4, -0.2) is 14.2 Å². The molecule has 102 valence electrons. The van der Waals surface area contributed by atoms with E-state index in [4.69, 9.17) is 13.9 Å². The summed E-state index contributed by atoms with van der Waals surface area (Å²) in [6.07, 6.45) is 0. The van der Waals surface area contributed by atoms with E-state index in [2.05, 4.69) is 6.07 Å². The third-order valence-corrected chi connectivity index (χ3v) is 3.32. The number of hydrogen-bond acceptors (Lipinski definition) is 3. The first kappa shape index (κ1) is 12.8. The molecule has 2 aromatic carbocycles. The molecule has 0 amide bonds. The Morgan fingerprint density at radius 3 is 2.65 bits per heavy atom. The van der Waals surface area contributed by atoms with Crippen LogP contribution in [0.1, 0.15) is 5.56 Å². The van der Waals surface area contributed by atoms with E-state index in [0.717, 1.165) is 33.6 Å². The number of ether oxygens (including phenoxy) is 2. The third-order valence-electron chi connectivity index (χ3n) is 3.32. The first-order valence-corrected chi connectivity index (χ1v) is 6.47. The van der Waals surface area contributed by atoms with Gasteiger partial charge in [-0.3, -0.25) is 0 Å². The molecule has 0 radical (unpaired) electrons. The lowest BCUT2D eigenvalue weighted by atomic mass is 10.1. The maximum atomic E-state index is 6.00. The molecule has 0 saturated carbocycles. The number of rotatable bonds is 4. The van der Waals surface area contributed by atoms with E-state index in [-0.39, 0.29) is 0 Å². The average molecular weight is 268 g/mol. The number of para-hydroxylation sites is 1. The molecule has 3 aromatic rings. The predicted molar refractivity (Wildman–Crippen MR) is 78.9 cm³/mol. The fraction of sp³-hybridized carbons (Fsp3) is 0.176. The molecule has 3 heteroatoms. The van der Waals surface area contributed by atoms with Gasteiger partial charge in [-0.05, 0) is 18.2 Å². The van der Waals surface area contributed by atoms with Crippen LogP contribution in [0.25, 0.3) is 22.3 Å². The molecule has 0 bridgehead atoms. The standard InChI is InChI=1S/C17H16O3/c1-18-11-15-14-8-3-4-9-16(14)20-17(15)12-6-5-7-13(10-12)19-2/h3-10H,11H2,1-2H3. The molecule has 0 saturated heterocycles. The van der Waals surface area contributed by atoms with Crippen LogP contribution >= 0.6 is 0 Å². The van der Waals surface area contributed by atoms with E-state index < -0.39 is 0 Å². The van der Waals surface area contributed by atoms with Crippen molar-refractivity contribution in [2.24, 2.45) is 0 Å². The van der Waals surface area contributed by atoms with Gasteiger partial charge < -0.3 is 13.9 Å². The Labute approximate surface area is 117 Å². The maximum absolute atomic E-state index is 6.00. The lowest BCUT2D eigenvalue weighted by Crippen LogP contribution is -1.89. The van der Waals surface area contributed by atoms with Gasteiger partial charge in [-0.25, -0.2) is 0 Å². The van der Waals surface area contributed by atoms with E-state index in [1.807, 2.05) is 42.5 Å². The molecule has 3 rings (SSSR count). The van der Waals surface area contributed by atoms with Gasteiger partial charge in [0.2, 0.25) is 0 Å². The van der Waals surface area contributed by atoms with Gasteiger partial charge in [0, 0.05) is 23.6 Å². The van der Waals surface area contributed by atoms with E-state index in [0.29, 0.717) is 6.61 Å². The molecule has 0 aliphatic carbocycles. The van der Waals surface area contributed by atoms with E-state index >= 15 is 0 Å². The first-order chi connectivity index (χ1) is 9.83. The summed E-state index contributed by atoms with van der Waals surface area (Å²) >= 11 is 0. The molecule has 0 N–H and O–H groups in total. The third kappa shape index (κ3) is 2.17. The number of fused-ring (bicyclic) bond motifs is 1. The monoisotopic (exact) mass is 268 g/mol. The molecule has 1 aromatic heterocycles. The Kier molecular flexibility index (Phi) is 3.44. The molecular weight excluding hydrogens is 252 g/mol. The minimum absolute atomic E-state index is 0.517. The fourth-order valence-corrected chi connectivity index (χ4v) is 2.38. The van der Waals surface area contributed by atoms with Crippen LogP contribution in [0.3, 0.4) is 0 Å². The summed E-state index contributed by atoms with van der Waals surface area (Å²) in [6, 6.07) is 15.9. The Balaban J connectivity index is 2.21. The van der Waals surface area contributed by atoms with E-state index in [1.165, 1.54) is 0 Å². The summed E-state index contributed by atoms with van der Waals surface area (Å²) in [5.74, 6) is 1.65. The van der Waals surface area contributed by atoms with Gasteiger partial charge in [-0.1, -0.05) is 30.3 Å². The predicted octanol–water partition coefficient (Wildman–Crippen LogP) is 4.25. The Morgan fingerprint density at radius 2 is 1.85 bits per heavy atom. The molecule has 0 spiro atoms. The zero-order chi connectivity index (χ0) is 13.9. The zero-order valence-electron chi connectivity index (χ0n) is 11.6. The van der Waals surface area contributed by atoms with Gasteiger partial charge >= 0.3 is 0 Å².